The number of aromatic nitrogens is 1. The van der Waals surface area contributed by atoms with Crippen LogP contribution in [-0.2, 0) is 9.53 Å². The minimum Gasteiger partial charge on any atom is -0.479 e. The summed E-state index contributed by atoms with van der Waals surface area (Å²) in [6.07, 6.45) is -1.09. The Bertz CT molecular complexity index is 1050. The molecule has 1 heterocycles. The lowest BCUT2D eigenvalue weighted by molar-refractivity contribution is -0.160. The Morgan fingerprint density at radius 2 is 1.83 bits per heavy atom. The van der Waals surface area contributed by atoms with E-state index >= 15 is 0 Å². The second-order valence-electron chi connectivity index (χ2n) is 8.49. The van der Waals surface area contributed by atoms with Gasteiger partial charge in [0.05, 0.1) is 20.8 Å². The topological polar surface area (TPSA) is 59.4 Å². The highest BCUT2D eigenvalue weighted by Crippen LogP contribution is 2.43. The highest BCUT2D eigenvalue weighted by molar-refractivity contribution is 7.19. The lowest BCUT2D eigenvalue weighted by atomic mass is 9.91. The zero-order valence-corrected chi connectivity index (χ0v) is 19.1. The summed E-state index contributed by atoms with van der Waals surface area (Å²) >= 11 is 7.71. The molecule has 0 aliphatic rings. The number of carbonyl (C=O) groups is 1. The van der Waals surface area contributed by atoms with Gasteiger partial charge in [-0.05, 0) is 57.0 Å². The van der Waals surface area contributed by atoms with Crippen LogP contribution in [0.4, 0.5) is 0 Å². The van der Waals surface area contributed by atoms with Crippen LogP contribution < -0.4 is 0 Å². The van der Waals surface area contributed by atoms with Gasteiger partial charge in [-0.15, -0.1) is 11.3 Å². The van der Waals surface area contributed by atoms with Crippen LogP contribution in [0.15, 0.2) is 30.3 Å². The van der Waals surface area contributed by atoms with Crippen molar-refractivity contribution in [2.75, 3.05) is 0 Å². The van der Waals surface area contributed by atoms with Gasteiger partial charge in [0.2, 0.25) is 0 Å². The van der Waals surface area contributed by atoms with E-state index in [0.29, 0.717) is 10.6 Å². The molecule has 0 bridgehead atoms. The van der Waals surface area contributed by atoms with E-state index < -0.39 is 17.7 Å². The summed E-state index contributed by atoms with van der Waals surface area (Å²) in [5.74, 6) is -0.721. The highest BCUT2D eigenvalue weighted by atomic mass is 35.5. The van der Waals surface area contributed by atoms with Crippen molar-refractivity contribution in [2.24, 2.45) is 0 Å². The second-order valence-corrected chi connectivity index (χ2v) is 9.96. The number of fused-ring (bicyclic) bond motifs is 1. The first kappa shape index (κ1) is 21.8. The number of nitrogens with zero attached hydrogens (tertiary/aromatic N) is 1. The van der Waals surface area contributed by atoms with Crippen molar-refractivity contribution in [1.82, 2.24) is 4.98 Å². The van der Waals surface area contributed by atoms with Gasteiger partial charge >= 0.3 is 5.97 Å². The van der Waals surface area contributed by atoms with Crippen LogP contribution in [0, 0.1) is 6.92 Å². The molecule has 154 valence electrons. The number of ether oxygens (including phenoxy) is 1. The Balaban J connectivity index is 2.38. The molecule has 6 heteroatoms. The lowest BCUT2D eigenvalue weighted by Crippen LogP contribution is -2.28. The maximum Gasteiger partial charge on any atom is 0.337 e. The summed E-state index contributed by atoms with van der Waals surface area (Å²) in [4.78, 5) is 17.1. The molecule has 0 aliphatic heterocycles. The molecule has 29 heavy (non-hydrogen) atoms. The summed E-state index contributed by atoms with van der Waals surface area (Å²) in [6.45, 7) is 11.7. The quantitative estimate of drug-likeness (QED) is 0.472. The average molecular weight is 432 g/mol. The standard InChI is InChI=1S/C23H26ClNO3S/c1-12(2)21-25-16-11-13(3)17(19(22(26)27)28-23(4,5)6)18(20(16)29-21)14-7-9-15(24)10-8-14/h7-12,19H,1-6H3,(H,26,27). The summed E-state index contributed by atoms with van der Waals surface area (Å²) in [6, 6.07) is 9.45. The van der Waals surface area contributed by atoms with Crippen molar-refractivity contribution >= 4 is 39.1 Å². The molecule has 1 atom stereocenters. The van der Waals surface area contributed by atoms with Gasteiger partial charge in [0.15, 0.2) is 6.10 Å². The van der Waals surface area contributed by atoms with Crippen molar-refractivity contribution in [1.29, 1.82) is 0 Å². The molecular formula is C23H26ClNO3S. The first-order valence-corrected chi connectivity index (χ1v) is 10.8. The molecule has 0 aliphatic carbocycles. The van der Waals surface area contributed by atoms with E-state index in [9.17, 15) is 9.90 Å². The minimum absolute atomic E-state index is 0.287. The van der Waals surface area contributed by atoms with E-state index in [4.69, 9.17) is 21.3 Å². The second kappa shape index (κ2) is 8.05. The largest absolute Gasteiger partial charge is 0.479 e. The Hall–Kier alpha value is -1.95. The van der Waals surface area contributed by atoms with Crippen molar-refractivity contribution in [3.63, 3.8) is 0 Å². The van der Waals surface area contributed by atoms with Crippen molar-refractivity contribution < 1.29 is 14.6 Å². The van der Waals surface area contributed by atoms with Crippen LogP contribution in [0.25, 0.3) is 21.3 Å². The Kier molecular flexibility index (Phi) is 6.04. The third kappa shape index (κ3) is 4.63. The van der Waals surface area contributed by atoms with E-state index in [-0.39, 0.29) is 5.92 Å². The van der Waals surface area contributed by atoms with Crippen LogP contribution >= 0.6 is 22.9 Å². The third-order valence-corrected chi connectivity index (χ3v) is 6.17. The molecule has 1 unspecified atom stereocenters. The number of halogens is 1. The summed E-state index contributed by atoms with van der Waals surface area (Å²) in [5.41, 5.74) is 3.54. The monoisotopic (exact) mass is 431 g/mol. The van der Waals surface area contributed by atoms with E-state index in [1.807, 2.05) is 58.0 Å². The summed E-state index contributed by atoms with van der Waals surface area (Å²) in [7, 11) is 0. The predicted octanol–water partition coefficient (Wildman–Crippen LogP) is 6.99. The molecular weight excluding hydrogens is 406 g/mol. The number of carboxylic acids is 1. The minimum atomic E-state index is -1.09. The van der Waals surface area contributed by atoms with E-state index in [1.165, 1.54) is 0 Å². The van der Waals surface area contributed by atoms with Crippen LogP contribution in [-0.4, -0.2) is 21.7 Å². The zero-order chi connectivity index (χ0) is 21.5. The molecule has 1 aromatic heterocycles. The smallest absolute Gasteiger partial charge is 0.337 e. The molecule has 0 fully saturated rings. The van der Waals surface area contributed by atoms with Crippen LogP contribution in [0.2, 0.25) is 5.02 Å². The fourth-order valence-electron chi connectivity index (χ4n) is 3.30. The van der Waals surface area contributed by atoms with Gasteiger partial charge in [0.1, 0.15) is 0 Å². The van der Waals surface area contributed by atoms with Crippen molar-refractivity contribution in [3.8, 4) is 11.1 Å². The van der Waals surface area contributed by atoms with E-state index in [1.54, 1.807) is 11.3 Å². The number of benzene rings is 2. The van der Waals surface area contributed by atoms with E-state index in [2.05, 4.69) is 13.8 Å². The molecule has 0 radical (unpaired) electrons. The van der Waals surface area contributed by atoms with Crippen LogP contribution in [0.1, 0.15) is 62.8 Å². The van der Waals surface area contributed by atoms with Gasteiger partial charge < -0.3 is 9.84 Å². The molecule has 2 aromatic carbocycles. The number of rotatable bonds is 5. The molecule has 3 rings (SSSR count). The third-order valence-electron chi connectivity index (χ3n) is 4.53. The number of carboxylic acid groups (broad SMARTS) is 1. The summed E-state index contributed by atoms with van der Waals surface area (Å²) in [5, 5.41) is 11.7. The Labute approximate surface area is 180 Å². The number of aliphatic carboxylic acids is 1. The van der Waals surface area contributed by atoms with Crippen molar-refractivity contribution in [2.45, 2.75) is 59.2 Å². The first-order chi connectivity index (χ1) is 13.5. The van der Waals surface area contributed by atoms with Crippen LogP contribution in [0.5, 0.6) is 0 Å². The van der Waals surface area contributed by atoms with Gasteiger partial charge in [-0.25, -0.2) is 9.78 Å². The predicted molar refractivity (Wildman–Crippen MR) is 120 cm³/mol. The Morgan fingerprint density at radius 3 is 2.34 bits per heavy atom. The average Bonchev–Trinajstić information content (AvgIpc) is 3.02. The Morgan fingerprint density at radius 1 is 1.21 bits per heavy atom. The van der Waals surface area contributed by atoms with Gasteiger partial charge in [0.25, 0.3) is 0 Å². The maximum absolute atomic E-state index is 12.3. The molecule has 0 amide bonds. The van der Waals surface area contributed by atoms with E-state index in [0.717, 1.165) is 31.9 Å². The summed E-state index contributed by atoms with van der Waals surface area (Å²) < 4.78 is 6.99. The fourth-order valence-corrected chi connectivity index (χ4v) is 4.56. The fraction of sp³-hybridized carbons (Fsp3) is 0.391. The molecule has 3 aromatic rings. The SMILES string of the molecule is Cc1cc2nc(C(C)C)sc2c(-c2ccc(Cl)cc2)c1C(OC(C)(C)C)C(=O)O. The molecule has 4 nitrogen and oxygen atoms in total. The molecule has 1 N–H and O–H groups in total. The van der Waals surface area contributed by atoms with Gasteiger partial charge in [-0.2, -0.15) is 0 Å². The highest BCUT2D eigenvalue weighted by Gasteiger charge is 2.32. The number of thiazole rings is 1. The lowest BCUT2D eigenvalue weighted by Gasteiger charge is -2.28. The van der Waals surface area contributed by atoms with Gasteiger partial charge in [-0.1, -0.05) is 37.6 Å². The molecule has 0 saturated heterocycles. The van der Waals surface area contributed by atoms with Gasteiger partial charge in [-0.3, -0.25) is 0 Å². The van der Waals surface area contributed by atoms with Crippen LogP contribution in [0.3, 0.4) is 0 Å². The number of hydrogen-bond acceptors (Lipinski definition) is 4. The molecule has 0 spiro atoms. The first-order valence-electron chi connectivity index (χ1n) is 9.58. The normalized spacial score (nSPS) is 13.2. The van der Waals surface area contributed by atoms with Crippen molar-refractivity contribution in [3.05, 3.63) is 51.5 Å². The van der Waals surface area contributed by atoms with Gasteiger partial charge in [0, 0.05) is 22.1 Å². The number of aryl methyl sites for hydroxylation is 1. The maximum atomic E-state index is 12.3. The zero-order valence-electron chi connectivity index (χ0n) is 17.5. The molecule has 0 saturated carbocycles. The number of hydrogen-bond donors (Lipinski definition) is 1.